The molecule has 0 bridgehead atoms. The third kappa shape index (κ3) is 4.35. The van der Waals surface area contributed by atoms with Crippen LogP contribution in [0.25, 0.3) is 11.3 Å². The number of ether oxygens (including phenoxy) is 3. The summed E-state index contributed by atoms with van der Waals surface area (Å²) in [5, 5.41) is 4.19. The first-order valence-corrected chi connectivity index (χ1v) is 9.00. The number of hydrogen-bond donors (Lipinski definition) is 0. The molecule has 3 rings (SSSR count). The maximum absolute atomic E-state index is 12.5. The van der Waals surface area contributed by atoms with Crippen LogP contribution in [0.1, 0.15) is 45.4 Å². The summed E-state index contributed by atoms with van der Waals surface area (Å²) >= 11 is 0. The highest BCUT2D eigenvalue weighted by Crippen LogP contribution is 2.36. The lowest BCUT2D eigenvalue weighted by molar-refractivity contribution is 0.0204. The van der Waals surface area contributed by atoms with E-state index in [2.05, 4.69) is 5.16 Å². The predicted molar refractivity (Wildman–Crippen MR) is 100.0 cm³/mol. The van der Waals surface area contributed by atoms with Crippen LogP contribution in [0.3, 0.4) is 0 Å². The number of carbonyl (C=O) groups excluding carboxylic acids is 1. The Hall–Kier alpha value is -2.70. The van der Waals surface area contributed by atoms with E-state index in [1.54, 1.807) is 25.2 Å². The van der Waals surface area contributed by atoms with Gasteiger partial charge >= 0.3 is 6.09 Å². The number of carbonyl (C=O) groups is 1. The molecule has 1 fully saturated rings. The Bertz CT molecular complexity index is 787. The van der Waals surface area contributed by atoms with E-state index in [1.165, 1.54) is 0 Å². The summed E-state index contributed by atoms with van der Waals surface area (Å²) in [6, 6.07) is 7.22. The van der Waals surface area contributed by atoms with Gasteiger partial charge in [0.25, 0.3) is 0 Å². The van der Waals surface area contributed by atoms with Crippen LogP contribution in [0.2, 0.25) is 0 Å². The summed E-state index contributed by atoms with van der Waals surface area (Å²) in [5.74, 6) is 1.99. The number of benzene rings is 1. The van der Waals surface area contributed by atoms with Crippen LogP contribution in [0.5, 0.6) is 11.5 Å². The number of rotatable bonds is 4. The molecule has 1 saturated heterocycles. The number of nitrogens with zero attached hydrogens (tertiary/aromatic N) is 2. The topological polar surface area (TPSA) is 74.0 Å². The Morgan fingerprint density at radius 2 is 1.81 bits per heavy atom. The maximum Gasteiger partial charge on any atom is 0.410 e. The van der Waals surface area contributed by atoms with Crippen molar-refractivity contribution in [3.05, 3.63) is 30.0 Å². The van der Waals surface area contributed by atoms with Crippen molar-refractivity contribution in [2.45, 2.75) is 45.3 Å². The first-order valence-electron chi connectivity index (χ1n) is 9.00. The molecule has 0 radical (unpaired) electrons. The molecule has 1 aliphatic rings. The van der Waals surface area contributed by atoms with Crippen LogP contribution in [0.15, 0.2) is 28.8 Å². The smallest absolute Gasteiger partial charge is 0.410 e. The molecule has 2 heterocycles. The first kappa shape index (κ1) is 19.1. The highest BCUT2D eigenvalue weighted by atomic mass is 16.6. The number of aromatic nitrogens is 1. The Morgan fingerprint density at radius 3 is 2.41 bits per heavy atom. The maximum atomic E-state index is 12.5. The van der Waals surface area contributed by atoms with Crippen molar-refractivity contribution in [2.24, 2.45) is 0 Å². The third-order valence-corrected chi connectivity index (χ3v) is 4.38. The van der Waals surface area contributed by atoms with Gasteiger partial charge in [-0.1, -0.05) is 5.16 Å². The summed E-state index contributed by atoms with van der Waals surface area (Å²) in [4.78, 5) is 14.2. The lowest BCUT2D eigenvalue weighted by Crippen LogP contribution is -2.36. The molecule has 27 heavy (non-hydrogen) atoms. The van der Waals surface area contributed by atoms with E-state index >= 15 is 0 Å². The molecule has 0 spiro atoms. The number of likely N-dealkylation sites (tertiary alicyclic amines) is 1. The van der Waals surface area contributed by atoms with Crippen molar-refractivity contribution in [1.29, 1.82) is 0 Å². The standard InChI is InChI=1S/C20H26N2O5/c1-20(2,3)26-19(23)22-8-6-7-17(22)18-12-16(21-27-18)13-9-14(24-4)11-15(10-13)25-5/h9-12,17H,6-8H2,1-5H3/t17-/m0/s1. The lowest BCUT2D eigenvalue weighted by Gasteiger charge is -2.27. The second-order valence-corrected chi connectivity index (χ2v) is 7.55. The summed E-state index contributed by atoms with van der Waals surface area (Å²) in [6.07, 6.45) is 1.38. The van der Waals surface area contributed by atoms with E-state index < -0.39 is 5.60 Å². The second kappa shape index (κ2) is 7.50. The van der Waals surface area contributed by atoms with Crippen LogP contribution in [-0.4, -0.2) is 42.5 Å². The van der Waals surface area contributed by atoms with Gasteiger partial charge in [-0.2, -0.15) is 0 Å². The van der Waals surface area contributed by atoms with Crippen molar-refractivity contribution in [3.63, 3.8) is 0 Å². The van der Waals surface area contributed by atoms with Crippen molar-refractivity contribution < 1.29 is 23.5 Å². The molecule has 1 aromatic carbocycles. The Morgan fingerprint density at radius 1 is 1.15 bits per heavy atom. The quantitative estimate of drug-likeness (QED) is 0.788. The molecule has 0 saturated carbocycles. The van der Waals surface area contributed by atoms with Crippen LogP contribution in [0, 0.1) is 0 Å². The van der Waals surface area contributed by atoms with Crippen LogP contribution in [-0.2, 0) is 4.74 Å². The molecule has 0 N–H and O–H groups in total. The normalized spacial score (nSPS) is 17.1. The molecule has 1 atom stereocenters. The Kier molecular flexibility index (Phi) is 5.30. The van der Waals surface area contributed by atoms with Gasteiger partial charge in [0.15, 0.2) is 5.76 Å². The van der Waals surface area contributed by atoms with Crippen molar-refractivity contribution >= 4 is 6.09 Å². The minimum absolute atomic E-state index is 0.173. The first-order chi connectivity index (χ1) is 12.8. The molecule has 0 aliphatic carbocycles. The second-order valence-electron chi connectivity index (χ2n) is 7.55. The minimum atomic E-state index is -0.534. The largest absolute Gasteiger partial charge is 0.497 e. The molecule has 146 valence electrons. The van der Waals surface area contributed by atoms with Gasteiger partial charge in [-0.05, 0) is 45.7 Å². The van der Waals surface area contributed by atoms with Gasteiger partial charge in [-0.3, -0.25) is 4.90 Å². The summed E-state index contributed by atoms with van der Waals surface area (Å²) in [7, 11) is 3.20. The fourth-order valence-electron chi connectivity index (χ4n) is 3.14. The third-order valence-electron chi connectivity index (χ3n) is 4.38. The van der Waals surface area contributed by atoms with Gasteiger partial charge < -0.3 is 18.7 Å². The van der Waals surface area contributed by atoms with Crippen molar-refractivity contribution in [2.75, 3.05) is 20.8 Å². The minimum Gasteiger partial charge on any atom is -0.497 e. The lowest BCUT2D eigenvalue weighted by atomic mass is 10.1. The Labute approximate surface area is 159 Å². The molecule has 7 heteroatoms. The van der Waals surface area contributed by atoms with Gasteiger partial charge in [0.05, 0.1) is 20.3 Å². The fourth-order valence-corrected chi connectivity index (χ4v) is 3.14. The number of hydrogen-bond acceptors (Lipinski definition) is 6. The molecule has 1 aliphatic heterocycles. The van der Waals surface area contributed by atoms with Gasteiger partial charge in [-0.25, -0.2) is 4.79 Å². The van der Waals surface area contributed by atoms with E-state index in [4.69, 9.17) is 18.7 Å². The summed E-state index contributed by atoms with van der Waals surface area (Å²) in [6.45, 7) is 6.22. The zero-order valence-electron chi connectivity index (χ0n) is 16.4. The molecule has 1 aromatic heterocycles. The zero-order chi connectivity index (χ0) is 19.6. The van der Waals surface area contributed by atoms with Gasteiger partial charge in [0, 0.05) is 24.2 Å². The average Bonchev–Trinajstić information content (AvgIpc) is 3.28. The summed E-state index contributed by atoms with van der Waals surface area (Å²) < 4.78 is 21.7. The van der Waals surface area contributed by atoms with Crippen molar-refractivity contribution in [3.8, 4) is 22.8 Å². The number of methoxy groups -OCH3 is 2. The van der Waals surface area contributed by atoms with Gasteiger partial charge in [0.2, 0.25) is 0 Å². The number of amides is 1. The SMILES string of the molecule is COc1cc(OC)cc(-c2cc([C@@H]3CCCN3C(=O)OC(C)(C)C)on2)c1. The zero-order valence-corrected chi connectivity index (χ0v) is 16.4. The van der Waals surface area contributed by atoms with Gasteiger partial charge in [0.1, 0.15) is 22.8 Å². The molecular weight excluding hydrogens is 348 g/mol. The van der Waals surface area contributed by atoms with E-state index in [9.17, 15) is 4.79 Å². The Balaban J connectivity index is 1.84. The highest BCUT2D eigenvalue weighted by molar-refractivity contribution is 5.69. The average molecular weight is 374 g/mol. The predicted octanol–water partition coefficient (Wildman–Crippen LogP) is 4.43. The van der Waals surface area contributed by atoms with E-state index in [1.807, 2.05) is 39.0 Å². The van der Waals surface area contributed by atoms with E-state index in [0.717, 1.165) is 18.4 Å². The fraction of sp³-hybridized carbons (Fsp3) is 0.500. The van der Waals surface area contributed by atoms with Crippen LogP contribution >= 0.6 is 0 Å². The molecule has 2 aromatic rings. The highest BCUT2D eigenvalue weighted by Gasteiger charge is 2.35. The van der Waals surface area contributed by atoms with Crippen molar-refractivity contribution in [1.82, 2.24) is 10.1 Å². The molecule has 1 amide bonds. The summed E-state index contributed by atoms with van der Waals surface area (Å²) in [5.41, 5.74) is 0.953. The van der Waals surface area contributed by atoms with E-state index in [0.29, 0.717) is 29.5 Å². The molecule has 0 unspecified atom stereocenters. The van der Waals surface area contributed by atoms with Crippen LogP contribution in [0.4, 0.5) is 4.79 Å². The monoisotopic (exact) mass is 374 g/mol. The molecule has 7 nitrogen and oxygen atoms in total. The van der Waals surface area contributed by atoms with E-state index in [-0.39, 0.29) is 12.1 Å². The van der Waals surface area contributed by atoms with Gasteiger partial charge in [-0.15, -0.1) is 0 Å². The molecular formula is C20H26N2O5. The van der Waals surface area contributed by atoms with Crippen LogP contribution < -0.4 is 9.47 Å².